The van der Waals surface area contributed by atoms with Gasteiger partial charge in [0.1, 0.15) is 6.54 Å². The number of nitrogens with one attached hydrogen (secondary N) is 2. The summed E-state index contributed by atoms with van der Waals surface area (Å²) < 4.78 is 0.937. The second kappa shape index (κ2) is 8.99. The largest absolute Gasteiger partial charge is 0.354 e. The van der Waals surface area contributed by atoms with E-state index in [1.807, 2.05) is 24.3 Å². The van der Waals surface area contributed by atoms with Gasteiger partial charge in [0.15, 0.2) is 0 Å². The first kappa shape index (κ1) is 21.1. The van der Waals surface area contributed by atoms with Crippen molar-refractivity contribution in [1.29, 1.82) is 0 Å². The molecule has 7 nitrogen and oxygen atoms in total. The molecule has 5 rings (SSSR count). The van der Waals surface area contributed by atoms with Crippen LogP contribution in [0, 0.1) is 0 Å². The molecule has 1 aliphatic rings. The average molecular weight is 459 g/mol. The molecule has 1 aromatic heterocycles. The van der Waals surface area contributed by atoms with Crippen molar-refractivity contribution in [3.05, 3.63) is 93.6 Å². The summed E-state index contributed by atoms with van der Waals surface area (Å²) in [6, 6.07) is 23.3. The highest BCUT2D eigenvalue weighted by molar-refractivity contribution is 7.99. The van der Waals surface area contributed by atoms with Crippen LogP contribution >= 0.6 is 11.8 Å². The minimum absolute atomic E-state index is 0.314. The third kappa shape index (κ3) is 4.17. The minimum Gasteiger partial charge on any atom is -0.354 e. The Labute approximate surface area is 194 Å². The van der Waals surface area contributed by atoms with Crippen LogP contribution in [0.15, 0.2) is 92.2 Å². The van der Waals surface area contributed by atoms with Crippen molar-refractivity contribution >= 4 is 39.9 Å². The Morgan fingerprint density at radius 2 is 1.52 bits per heavy atom. The van der Waals surface area contributed by atoms with Gasteiger partial charge >= 0.3 is 5.69 Å². The Morgan fingerprint density at radius 1 is 0.879 bits per heavy atom. The second-order valence-corrected chi connectivity index (χ2v) is 8.84. The predicted octanol–water partition coefficient (Wildman–Crippen LogP) is 3.50. The molecule has 2 N–H and O–H groups in total. The molecule has 0 unspecified atom stereocenters. The number of fused-ring (bicyclic) bond motifs is 3. The first-order valence-electron chi connectivity index (χ1n) is 10.7. The maximum Gasteiger partial charge on any atom is 0.329 e. The van der Waals surface area contributed by atoms with Crippen LogP contribution in [0.4, 0.5) is 11.4 Å². The molecule has 0 aliphatic carbocycles. The van der Waals surface area contributed by atoms with E-state index >= 15 is 0 Å². The van der Waals surface area contributed by atoms with Gasteiger partial charge in [-0.05, 0) is 42.8 Å². The molecule has 0 atom stereocenters. The molecule has 4 aromatic rings. The highest BCUT2D eigenvalue weighted by Crippen LogP contribution is 2.47. The zero-order valence-corrected chi connectivity index (χ0v) is 18.6. The van der Waals surface area contributed by atoms with Gasteiger partial charge in [0.2, 0.25) is 5.91 Å². The van der Waals surface area contributed by atoms with Gasteiger partial charge in [-0.1, -0.05) is 48.2 Å². The van der Waals surface area contributed by atoms with E-state index in [0.717, 1.165) is 22.5 Å². The second-order valence-electron chi connectivity index (χ2n) is 7.76. The van der Waals surface area contributed by atoms with Gasteiger partial charge in [0.05, 0.1) is 22.3 Å². The molecule has 0 spiro atoms. The van der Waals surface area contributed by atoms with Crippen molar-refractivity contribution in [3.63, 3.8) is 0 Å². The lowest BCUT2D eigenvalue weighted by Gasteiger charge is -2.32. The van der Waals surface area contributed by atoms with Crippen molar-refractivity contribution in [2.45, 2.75) is 22.8 Å². The van der Waals surface area contributed by atoms with Gasteiger partial charge in [0, 0.05) is 22.9 Å². The Hall–Kier alpha value is -3.78. The van der Waals surface area contributed by atoms with Crippen molar-refractivity contribution in [1.82, 2.24) is 14.9 Å². The Morgan fingerprint density at radius 3 is 2.24 bits per heavy atom. The predicted molar refractivity (Wildman–Crippen MR) is 130 cm³/mol. The van der Waals surface area contributed by atoms with Gasteiger partial charge in [-0.15, -0.1) is 0 Å². The third-order valence-electron chi connectivity index (χ3n) is 5.60. The number of amides is 1. The molecule has 0 bridgehead atoms. The smallest absolute Gasteiger partial charge is 0.329 e. The molecular weight excluding hydrogens is 436 g/mol. The molecule has 0 saturated heterocycles. The summed E-state index contributed by atoms with van der Waals surface area (Å²) in [4.78, 5) is 44.7. The van der Waals surface area contributed by atoms with Crippen LogP contribution in [0.2, 0.25) is 0 Å². The monoisotopic (exact) mass is 458 g/mol. The number of hydrogen-bond acceptors (Lipinski definition) is 5. The Kier molecular flexibility index (Phi) is 5.75. The number of benzene rings is 3. The van der Waals surface area contributed by atoms with Gasteiger partial charge in [-0.25, -0.2) is 4.79 Å². The molecule has 1 amide bonds. The van der Waals surface area contributed by atoms with E-state index in [2.05, 4.69) is 39.5 Å². The molecule has 3 aromatic carbocycles. The normalized spacial score (nSPS) is 12.3. The first-order chi connectivity index (χ1) is 16.1. The summed E-state index contributed by atoms with van der Waals surface area (Å²) in [5, 5.41) is 3.22. The number of nitrogens with zero attached hydrogens (tertiary/aromatic N) is 2. The number of aromatic amines is 1. The molecular formula is C25H22N4O3S. The molecule has 0 fully saturated rings. The first-order valence-corrected chi connectivity index (χ1v) is 11.6. The SMILES string of the molecule is O=C(Cn1c(=O)[nH]c2ccccc2c1=O)NCCCN1c2ccccc2Sc2ccccc21. The van der Waals surface area contributed by atoms with Gasteiger partial charge < -0.3 is 15.2 Å². The summed E-state index contributed by atoms with van der Waals surface area (Å²) in [6.07, 6.45) is 0.710. The zero-order valence-electron chi connectivity index (χ0n) is 17.8. The molecule has 8 heteroatoms. The summed E-state index contributed by atoms with van der Waals surface area (Å²) in [5.41, 5.74) is 1.71. The number of H-pyrrole nitrogens is 1. The van der Waals surface area contributed by atoms with E-state index < -0.39 is 11.2 Å². The van der Waals surface area contributed by atoms with Crippen LogP contribution in [0.3, 0.4) is 0 Å². The quantitative estimate of drug-likeness (QED) is 0.432. The van der Waals surface area contributed by atoms with E-state index in [9.17, 15) is 14.4 Å². The Bertz CT molecular complexity index is 1410. The van der Waals surface area contributed by atoms with Crippen molar-refractivity contribution in [2.75, 3.05) is 18.0 Å². The lowest BCUT2D eigenvalue weighted by atomic mass is 10.2. The fourth-order valence-corrected chi connectivity index (χ4v) is 5.12. The van der Waals surface area contributed by atoms with Crippen LogP contribution < -0.4 is 21.5 Å². The van der Waals surface area contributed by atoms with Crippen LogP contribution in [0.25, 0.3) is 10.9 Å². The molecule has 0 saturated carbocycles. The van der Waals surface area contributed by atoms with E-state index in [1.54, 1.807) is 36.0 Å². The maximum absolute atomic E-state index is 12.6. The van der Waals surface area contributed by atoms with E-state index in [1.165, 1.54) is 9.79 Å². The summed E-state index contributed by atoms with van der Waals surface area (Å²) >= 11 is 1.76. The lowest BCUT2D eigenvalue weighted by molar-refractivity contribution is -0.121. The summed E-state index contributed by atoms with van der Waals surface area (Å²) in [5.74, 6) is -0.368. The lowest BCUT2D eigenvalue weighted by Crippen LogP contribution is -2.41. The van der Waals surface area contributed by atoms with E-state index in [0.29, 0.717) is 23.9 Å². The number of rotatable bonds is 6. The number of carbonyl (C=O) groups is 1. The zero-order chi connectivity index (χ0) is 22.8. The topological polar surface area (TPSA) is 87.2 Å². The van der Waals surface area contributed by atoms with Crippen molar-refractivity contribution in [2.24, 2.45) is 0 Å². The molecule has 0 radical (unpaired) electrons. The van der Waals surface area contributed by atoms with Crippen LogP contribution in [0.1, 0.15) is 6.42 Å². The van der Waals surface area contributed by atoms with Gasteiger partial charge in [-0.3, -0.25) is 14.2 Å². The van der Waals surface area contributed by atoms with Crippen LogP contribution in [0.5, 0.6) is 0 Å². The maximum atomic E-state index is 12.6. The average Bonchev–Trinajstić information content (AvgIpc) is 2.83. The molecule has 2 heterocycles. The standard InChI is InChI=1S/C25H22N4O3S/c30-23(16-29-24(31)17-8-1-2-9-18(17)27-25(29)32)26-14-7-15-28-19-10-3-5-12-21(19)33-22-13-6-4-11-20(22)28/h1-6,8-13H,7,14-16H2,(H,26,30)(H,27,32). The van der Waals surface area contributed by atoms with Crippen LogP contribution in [-0.2, 0) is 11.3 Å². The highest BCUT2D eigenvalue weighted by Gasteiger charge is 2.22. The molecule has 166 valence electrons. The fourth-order valence-electron chi connectivity index (χ4n) is 4.03. The fraction of sp³-hybridized carbons (Fsp3) is 0.160. The number of anilines is 2. The number of hydrogen-bond donors (Lipinski definition) is 2. The molecule has 33 heavy (non-hydrogen) atoms. The summed E-state index contributed by atoms with van der Waals surface area (Å²) in [6.45, 7) is 0.851. The van der Waals surface area contributed by atoms with Gasteiger partial charge in [-0.2, -0.15) is 0 Å². The highest BCUT2D eigenvalue weighted by atomic mass is 32.2. The summed E-state index contributed by atoms with van der Waals surface area (Å²) in [7, 11) is 0. The van der Waals surface area contributed by atoms with Crippen LogP contribution in [-0.4, -0.2) is 28.5 Å². The van der Waals surface area contributed by atoms with Gasteiger partial charge in [0.25, 0.3) is 5.56 Å². The number of carbonyl (C=O) groups excluding carboxylic acids is 1. The van der Waals surface area contributed by atoms with Crippen molar-refractivity contribution in [3.8, 4) is 0 Å². The molecule has 1 aliphatic heterocycles. The number of para-hydroxylation sites is 3. The van der Waals surface area contributed by atoms with E-state index in [4.69, 9.17) is 0 Å². The minimum atomic E-state index is -0.590. The number of aromatic nitrogens is 2. The van der Waals surface area contributed by atoms with Crippen molar-refractivity contribution < 1.29 is 4.79 Å². The van der Waals surface area contributed by atoms with E-state index in [-0.39, 0.29) is 12.5 Å². The Balaban J connectivity index is 1.24. The third-order valence-corrected chi connectivity index (χ3v) is 6.73.